The molecular weight excluding hydrogens is 430 g/mol. The lowest BCUT2D eigenvalue weighted by Gasteiger charge is -2.13. The Labute approximate surface area is 196 Å². The molecule has 5 aromatic rings. The number of hydrogen-bond donors (Lipinski definition) is 0. The second-order valence-electron chi connectivity index (χ2n) is 7.89. The zero-order valence-electron chi connectivity index (χ0n) is 18.2. The van der Waals surface area contributed by atoms with Crippen LogP contribution < -0.4 is 0 Å². The number of hydrogen-bond acceptors (Lipinski definition) is 2. The lowest BCUT2D eigenvalue weighted by atomic mass is 10.0. The summed E-state index contributed by atoms with van der Waals surface area (Å²) in [5.74, 6) is -0.252. The first-order chi connectivity index (χ1) is 16.6. The highest BCUT2D eigenvalue weighted by Crippen LogP contribution is 2.36. The Morgan fingerprint density at radius 1 is 0.647 bits per heavy atom. The molecule has 0 saturated carbocycles. The van der Waals surface area contributed by atoms with Crippen LogP contribution in [0.4, 0.5) is 8.78 Å². The molecule has 0 bridgehead atoms. The number of halogens is 2. The summed E-state index contributed by atoms with van der Waals surface area (Å²) in [5, 5.41) is 0. The fraction of sp³-hybridized carbons (Fsp3) is 0.0345. The minimum Gasteiger partial charge on any atom is -0.316 e. The van der Waals surface area contributed by atoms with Crippen molar-refractivity contribution in [3.05, 3.63) is 126 Å². The van der Waals surface area contributed by atoms with Crippen molar-refractivity contribution in [1.29, 1.82) is 0 Å². The van der Waals surface area contributed by atoms with E-state index >= 15 is 0 Å². The first-order valence-electron chi connectivity index (χ1n) is 10.9. The lowest BCUT2D eigenvalue weighted by molar-refractivity contribution is 0.0973. The molecule has 4 aromatic carbocycles. The van der Waals surface area contributed by atoms with Gasteiger partial charge in [0.2, 0.25) is 0 Å². The van der Waals surface area contributed by atoms with Crippen molar-refractivity contribution in [1.82, 2.24) is 9.55 Å². The Balaban J connectivity index is 1.75. The number of carbonyl (C=O) groups is 1. The van der Waals surface area contributed by atoms with E-state index in [0.29, 0.717) is 22.6 Å². The van der Waals surface area contributed by atoms with Gasteiger partial charge in [0.05, 0.1) is 17.9 Å². The van der Waals surface area contributed by atoms with Crippen LogP contribution in [0.5, 0.6) is 0 Å². The second kappa shape index (κ2) is 9.24. The largest absolute Gasteiger partial charge is 0.316 e. The van der Waals surface area contributed by atoms with Crippen LogP contribution in [-0.2, 0) is 6.54 Å². The van der Waals surface area contributed by atoms with Crippen molar-refractivity contribution in [2.45, 2.75) is 6.54 Å². The summed E-state index contributed by atoms with van der Waals surface area (Å²) in [7, 11) is 0. The average molecular weight is 450 g/mol. The van der Waals surface area contributed by atoms with Gasteiger partial charge >= 0.3 is 0 Å². The molecule has 5 rings (SSSR count). The molecule has 166 valence electrons. The maximum absolute atomic E-state index is 13.7. The minimum absolute atomic E-state index is 0.0369. The molecule has 0 N–H and O–H groups in total. The van der Waals surface area contributed by atoms with E-state index in [1.54, 1.807) is 36.4 Å². The summed E-state index contributed by atoms with van der Waals surface area (Å²) in [4.78, 5) is 18.2. The molecule has 1 heterocycles. The average Bonchev–Trinajstić information content (AvgIpc) is 3.25. The summed E-state index contributed by atoms with van der Waals surface area (Å²) in [5.41, 5.74) is 4.19. The Hall–Kier alpha value is -4.38. The van der Waals surface area contributed by atoms with E-state index in [1.165, 1.54) is 24.3 Å². The Morgan fingerprint density at radius 3 is 1.76 bits per heavy atom. The van der Waals surface area contributed by atoms with Crippen LogP contribution >= 0.6 is 0 Å². The molecule has 0 aliphatic rings. The zero-order valence-corrected chi connectivity index (χ0v) is 18.2. The number of carbonyl (C=O) groups excluding carboxylic acids is 1. The molecule has 3 nitrogen and oxygen atoms in total. The van der Waals surface area contributed by atoms with E-state index in [0.717, 1.165) is 16.8 Å². The smallest absolute Gasteiger partial charge is 0.182 e. The zero-order chi connectivity index (χ0) is 23.5. The van der Waals surface area contributed by atoms with Gasteiger partial charge in [-0.15, -0.1) is 0 Å². The van der Waals surface area contributed by atoms with Gasteiger partial charge < -0.3 is 4.57 Å². The topological polar surface area (TPSA) is 34.9 Å². The van der Waals surface area contributed by atoms with E-state index in [9.17, 15) is 13.6 Å². The Morgan fingerprint density at radius 2 is 1.18 bits per heavy atom. The summed E-state index contributed by atoms with van der Waals surface area (Å²) < 4.78 is 29.2. The Kier molecular flexibility index (Phi) is 5.83. The van der Waals surface area contributed by atoms with Gasteiger partial charge in [0.15, 0.2) is 5.78 Å². The summed E-state index contributed by atoms with van der Waals surface area (Å²) in [6.07, 6.45) is 0. The molecule has 0 radical (unpaired) electrons. The third-order valence-corrected chi connectivity index (χ3v) is 5.63. The predicted molar refractivity (Wildman–Crippen MR) is 129 cm³/mol. The third kappa shape index (κ3) is 4.28. The third-order valence-electron chi connectivity index (χ3n) is 5.63. The fourth-order valence-electron chi connectivity index (χ4n) is 3.98. The quantitative estimate of drug-likeness (QED) is 0.260. The summed E-state index contributed by atoms with van der Waals surface area (Å²) >= 11 is 0. The van der Waals surface area contributed by atoms with Crippen molar-refractivity contribution in [3.8, 4) is 33.9 Å². The van der Waals surface area contributed by atoms with Gasteiger partial charge in [-0.2, -0.15) is 0 Å². The maximum Gasteiger partial charge on any atom is 0.182 e. The standard InChI is InChI=1S/C29H20F2N2O/c30-24-15-11-21(12-16-24)27-28(22-9-5-2-6-10-22)33(19-26(34)20-7-3-1-4-8-20)29(32-27)23-13-17-25(31)18-14-23/h1-18H,19H2. The molecule has 1 aromatic heterocycles. The number of aromatic nitrogens is 2. The molecule has 0 saturated heterocycles. The van der Waals surface area contributed by atoms with Crippen LogP contribution in [0.3, 0.4) is 0 Å². The van der Waals surface area contributed by atoms with E-state index in [1.807, 2.05) is 53.1 Å². The molecule has 0 unspecified atom stereocenters. The normalized spacial score (nSPS) is 10.9. The monoisotopic (exact) mass is 450 g/mol. The van der Waals surface area contributed by atoms with Crippen LogP contribution in [-0.4, -0.2) is 15.3 Å². The van der Waals surface area contributed by atoms with Crippen molar-refractivity contribution in [2.75, 3.05) is 0 Å². The van der Waals surface area contributed by atoms with Gasteiger partial charge in [0.1, 0.15) is 17.5 Å². The SMILES string of the molecule is O=C(Cn1c(-c2ccc(F)cc2)nc(-c2ccc(F)cc2)c1-c1ccccc1)c1ccccc1. The van der Waals surface area contributed by atoms with Gasteiger partial charge in [-0.25, -0.2) is 13.8 Å². The first kappa shape index (κ1) is 21.5. The van der Waals surface area contributed by atoms with Crippen molar-refractivity contribution in [2.24, 2.45) is 0 Å². The highest BCUT2D eigenvalue weighted by molar-refractivity contribution is 5.97. The fourth-order valence-corrected chi connectivity index (χ4v) is 3.98. The van der Waals surface area contributed by atoms with Crippen LogP contribution in [0, 0.1) is 11.6 Å². The van der Waals surface area contributed by atoms with Gasteiger partial charge in [-0.05, 0) is 48.5 Å². The number of nitrogens with zero attached hydrogens (tertiary/aromatic N) is 2. The van der Waals surface area contributed by atoms with E-state index in [-0.39, 0.29) is 24.0 Å². The first-order valence-corrected chi connectivity index (χ1v) is 10.9. The van der Waals surface area contributed by atoms with Gasteiger partial charge in [0.25, 0.3) is 0 Å². The number of rotatable bonds is 6. The van der Waals surface area contributed by atoms with Crippen LogP contribution in [0.25, 0.3) is 33.9 Å². The molecule has 34 heavy (non-hydrogen) atoms. The van der Waals surface area contributed by atoms with Crippen LogP contribution in [0.15, 0.2) is 109 Å². The van der Waals surface area contributed by atoms with E-state index < -0.39 is 0 Å². The number of Topliss-reactive ketones (excluding diaryl/α,β-unsaturated/α-hetero) is 1. The summed E-state index contributed by atoms with van der Waals surface area (Å²) in [6.45, 7) is 0.0369. The van der Waals surface area contributed by atoms with Crippen molar-refractivity contribution in [3.63, 3.8) is 0 Å². The Bertz CT molecular complexity index is 1430. The minimum atomic E-state index is -0.357. The molecule has 0 fully saturated rings. The second-order valence-corrected chi connectivity index (χ2v) is 7.89. The number of benzene rings is 4. The molecular formula is C29H20F2N2O. The molecule has 0 amide bonds. The maximum atomic E-state index is 13.7. The number of ketones is 1. The van der Waals surface area contributed by atoms with Crippen molar-refractivity contribution < 1.29 is 13.6 Å². The molecule has 5 heteroatoms. The molecule has 0 aliphatic carbocycles. The van der Waals surface area contributed by atoms with Gasteiger partial charge in [-0.1, -0.05) is 60.7 Å². The highest BCUT2D eigenvalue weighted by Gasteiger charge is 2.23. The van der Waals surface area contributed by atoms with E-state index in [2.05, 4.69) is 0 Å². The van der Waals surface area contributed by atoms with Crippen molar-refractivity contribution >= 4 is 5.78 Å². The lowest BCUT2D eigenvalue weighted by Crippen LogP contribution is -2.13. The van der Waals surface area contributed by atoms with Crippen LogP contribution in [0.1, 0.15) is 10.4 Å². The molecule has 0 atom stereocenters. The van der Waals surface area contributed by atoms with Gasteiger partial charge in [-0.3, -0.25) is 4.79 Å². The van der Waals surface area contributed by atoms with Gasteiger partial charge in [0, 0.05) is 22.3 Å². The number of imidazole rings is 1. The summed E-state index contributed by atoms with van der Waals surface area (Å²) in [6, 6.07) is 30.8. The molecule has 0 spiro atoms. The van der Waals surface area contributed by atoms with E-state index in [4.69, 9.17) is 4.98 Å². The molecule has 0 aliphatic heterocycles. The predicted octanol–water partition coefficient (Wildman–Crippen LogP) is 7.05. The highest BCUT2D eigenvalue weighted by atomic mass is 19.1. The van der Waals surface area contributed by atoms with Crippen LogP contribution in [0.2, 0.25) is 0 Å².